The molecule has 1 saturated carbocycles. The summed E-state index contributed by atoms with van der Waals surface area (Å²) in [5.74, 6) is 0.483. The number of carbonyl (C=O) groups is 1. The van der Waals surface area contributed by atoms with E-state index >= 15 is 0 Å². The van der Waals surface area contributed by atoms with Gasteiger partial charge in [-0.1, -0.05) is 0 Å². The van der Waals surface area contributed by atoms with Gasteiger partial charge in [-0.15, -0.1) is 24.8 Å². The minimum absolute atomic E-state index is 0. The molecule has 0 radical (unpaired) electrons. The average molecular weight is 374 g/mol. The maximum absolute atomic E-state index is 12.4. The summed E-state index contributed by atoms with van der Waals surface area (Å²) in [5.41, 5.74) is 9.12. The molecule has 1 atom stereocenters. The quantitative estimate of drug-likeness (QED) is 0.843. The van der Waals surface area contributed by atoms with E-state index in [2.05, 4.69) is 15.7 Å². The van der Waals surface area contributed by atoms with E-state index in [1.807, 2.05) is 30.5 Å². The second-order valence-electron chi connectivity index (χ2n) is 5.49. The van der Waals surface area contributed by atoms with Crippen LogP contribution in [0.1, 0.15) is 28.9 Å². The fourth-order valence-electron chi connectivity index (χ4n) is 2.49. The van der Waals surface area contributed by atoms with Crippen molar-refractivity contribution in [2.45, 2.75) is 25.8 Å². The number of carbonyl (C=O) groups excluding carboxylic acids is 1. The highest BCUT2D eigenvalue weighted by atomic mass is 35.5. The van der Waals surface area contributed by atoms with Crippen LogP contribution in [-0.4, -0.2) is 23.5 Å². The Morgan fingerprint density at radius 2 is 2.13 bits per heavy atom. The molecular formula is C16H21Cl2N3OS. The van der Waals surface area contributed by atoms with Gasteiger partial charge in [0.2, 0.25) is 0 Å². The molecule has 1 unspecified atom stereocenters. The molecule has 1 aliphatic rings. The van der Waals surface area contributed by atoms with Crippen molar-refractivity contribution in [1.82, 2.24) is 10.3 Å². The van der Waals surface area contributed by atoms with Gasteiger partial charge in [-0.25, -0.2) is 0 Å². The van der Waals surface area contributed by atoms with Gasteiger partial charge in [-0.2, -0.15) is 11.3 Å². The largest absolute Gasteiger partial charge is 0.348 e. The van der Waals surface area contributed by atoms with Crippen LogP contribution in [0.5, 0.6) is 0 Å². The summed E-state index contributed by atoms with van der Waals surface area (Å²) < 4.78 is 0. The molecule has 126 valence electrons. The molecule has 1 fully saturated rings. The van der Waals surface area contributed by atoms with E-state index in [4.69, 9.17) is 5.73 Å². The highest BCUT2D eigenvalue weighted by molar-refractivity contribution is 7.08. The zero-order valence-corrected chi connectivity index (χ0v) is 15.3. The van der Waals surface area contributed by atoms with Crippen molar-refractivity contribution in [3.05, 3.63) is 40.2 Å². The number of pyridine rings is 1. The highest BCUT2D eigenvalue weighted by Crippen LogP contribution is 2.32. The fraction of sp³-hybridized carbons (Fsp3) is 0.375. The first-order valence-corrected chi connectivity index (χ1v) is 8.14. The first-order valence-electron chi connectivity index (χ1n) is 7.20. The molecule has 1 amide bonds. The first-order chi connectivity index (χ1) is 10.2. The SMILES string of the molecule is Cc1nc(-c2ccsc2)ccc1C(=O)NC(CN)C1CC1.Cl.Cl. The summed E-state index contributed by atoms with van der Waals surface area (Å²) in [6.07, 6.45) is 2.33. The zero-order valence-electron chi connectivity index (χ0n) is 12.8. The van der Waals surface area contributed by atoms with Crippen molar-refractivity contribution in [3.8, 4) is 11.3 Å². The van der Waals surface area contributed by atoms with E-state index in [9.17, 15) is 4.79 Å². The Hall–Kier alpha value is -1.14. The van der Waals surface area contributed by atoms with Gasteiger partial charge in [0, 0.05) is 23.5 Å². The fourth-order valence-corrected chi connectivity index (χ4v) is 3.14. The number of aromatic nitrogens is 1. The molecule has 0 aromatic carbocycles. The molecule has 3 N–H and O–H groups in total. The van der Waals surface area contributed by atoms with Crippen LogP contribution in [0.3, 0.4) is 0 Å². The Labute approximate surface area is 152 Å². The van der Waals surface area contributed by atoms with Crippen LogP contribution in [0, 0.1) is 12.8 Å². The number of nitrogens with one attached hydrogen (secondary N) is 1. The molecule has 0 bridgehead atoms. The minimum Gasteiger partial charge on any atom is -0.348 e. The van der Waals surface area contributed by atoms with Crippen molar-refractivity contribution in [2.24, 2.45) is 11.7 Å². The molecule has 7 heteroatoms. The summed E-state index contributed by atoms with van der Waals surface area (Å²) in [6, 6.07) is 5.88. The third kappa shape index (κ3) is 4.67. The predicted octanol–water partition coefficient (Wildman–Crippen LogP) is 3.43. The molecule has 3 rings (SSSR count). The molecule has 2 heterocycles. The molecule has 0 aliphatic heterocycles. The van der Waals surface area contributed by atoms with Crippen LogP contribution >= 0.6 is 36.2 Å². The third-order valence-corrected chi connectivity index (χ3v) is 4.59. The van der Waals surface area contributed by atoms with Crippen molar-refractivity contribution in [1.29, 1.82) is 0 Å². The number of halogens is 2. The van der Waals surface area contributed by atoms with E-state index in [0.29, 0.717) is 18.0 Å². The molecule has 1 aliphatic carbocycles. The van der Waals surface area contributed by atoms with Gasteiger partial charge >= 0.3 is 0 Å². The molecule has 0 saturated heterocycles. The minimum atomic E-state index is -0.0702. The van der Waals surface area contributed by atoms with E-state index in [1.165, 1.54) is 0 Å². The van der Waals surface area contributed by atoms with Gasteiger partial charge in [-0.3, -0.25) is 9.78 Å². The van der Waals surface area contributed by atoms with Crippen molar-refractivity contribution < 1.29 is 4.79 Å². The number of nitrogens with two attached hydrogens (primary N) is 1. The van der Waals surface area contributed by atoms with Crippen LogP contribution in [-0.2, 0) is 0 Å². The molecule has 4 nitrogen and oxygen atoms in total. The van der Waals surface area contributed by atoms with Crippen molar-refractivity contribution >= 4 is 42.1 Å². The lowest BCUT2D eigenvalue weighted by atomic mass is 10.1. The Morgan fingerprint density at radius 1 is 1.39 bits per heavy atom. The Bertz CT molecular complexity index is 645. The van der Waals surface area contributed by atoms with E-state index in [-0.39, 0.29) is 36.8 Å². The van der Waals surface area contributed by atoms with Gasteiger partial charge in [0.1, 0.15) is 0 Å². The van der Waals surface area contributed by atoms with Crippen LogP contribution in [0.4, 0.5) is 0 Å². The predicted molar refractivity (Wildman–Crippen MR) is 99.8 cm³/mol. The summed E-state index contributed by atoms with van der Waals surface area (Å²) >= 11 is 1.64. The molecular weight excluding hydrogens is 353 g/mol. The van der Waals surface area contributed by atoms with Gasteiger partial charge in [0.05, 0.1) is 17.0 Å². The summed E-state index contributed by atoms with van der Waals surface area (Å²) in [4.78, 5) is 16.9. The second-order valence-corrected chi connectivity index (χ2v) is 6.27. The van der Waals surface area contributed by atoms with Crippen LogP contribution < -0.4 is 11.1 Å². The smallest absolute Gasteiger partial charge is 0.253 e. The van der Waals surface area contributed by atoms with Gasteiger partial charge < -0.3 is 11.1 Å². The van der Waals surface area contributed by atoms with E-state index in [1.54, 1.807) is 11.3 Å². The van der Waals surface area contributed by atoms with Crippen LogP contribution in [0.15, 0.2) is 29.0 Å². The second kappa shape index (κ2) is 8.64. The molecule has 2 aromatic rings. The number of hydrogen-bond donors (Lipinski definition) is 2. The lowest BCUT2D eigenvalue weighted by Crippen LogP contribution is -2.42. The maximum atomic E-state index is 12.4. The Morgan fingerprint density at radius 3 is 2.65 bits per heavy atom. The zero-order chi connectivity index (χ0) is 14.8. The summed E-state index contributed by atoms with van der Waals surface area (Å²) in [7, 11) is 0. The lowest BCUT2D eigenvalue weighted by Gasteiger charge is -2.16. The third-order valence-electron chi connectivity index (χ3n) is 3.91. The number of aryl methyl sites for hydroxylation is 1. The lowest BCUT2D eigenvalue weighted by molar-refractivity contribution is 0.0932. The normalized spacial score (nSPS) is 14.3. The van der Waals surface area contributed by atoms with E-state index < -0.39 is 0 Å². The Kier molecular flexibility index (Phi) is 7.48. The number of thiophene rings is 1. The van der Waals surface area contributed by atoms with Crippen LogP contribution in [0.2, 0.25) is 0 Å². The molecule has 23 heavy (non-hydrogen) atoms. The number of rotatable bonds is 5. The van der Waals surface area contributed by atoms with Crippen molar-refractivity contribution in [2.75, 3.05) is 6.54 Å². The summed E-state index contributed by atoms with van der Waals surface area (Å²) in [5, 5.41) is 7.11. The topological polar surface area (TPSA) is 68.0 Å². The van der Waals surface area contributed by atoms with Crippen LogP contribution in [0.25, 0.3) is 11.3 Å². The number of nitrogens with zero attached hydrogens (tertiary/aromatic N) is 1. The number of hydrogen-bond acceptors (Lipinski definition) is 4. The first kappa shape index (κ1) is 19.9. The highest BCUT2D eigenvalue weighted by Gasteiger charge is 2.31. The molecule has 2 aromatic heterocycles. The monoisotopic (exact) mass is 373 g/mol. The van der Waals surface area contributed by atoms with Gasteiger partial charge in [-0.05, 0) is 49.3 Å². The van der Waals surface area contributed by atoms with E-state index in [0.717, 1.165) is 29.8 Å². The standard InChI is InChI=1S/C16H19N3OS.2ClH/c1-10-13(16(20)19-15(8-17)11-2-3-11)4-5-14(18-10)12-6-7-21-9-12;;/h4-7,9,11,15H,2-3,8,17H2,1H3,(H,19,20);2*1H. The maximum Gasteiger partial charge on any atom is 0.253 e. The number of amides is 1. The van der Waals surface area contributed by atoms with Gasteiger partial charge in [0.25, 0.3) is 5.91 Å². The van der Waals surface area contributed by atoms with Crippen molar-refractivity contribution in [3.63, 3.8) is 0 Å². The summed E-state index contributed by atoms with van der Waals surface area (Å²) in [6.45, 7) is 2.37. The Balaban J connectivity index is 0.00000132. The van der Waals surface area contributed by atoms with Gasteiger partial charge in [0.15, 0.2) is 0 Å². The average Bonchev–Trinajstić information content (AvgIpc) is 3.18. The molecule has 0 spiro atoms.